The number of carbonyl (C=O) groups excluding carboxylic acids is 1. The summed E-state index contributed by atoms with van der Waals surface area (Å²) in [4.78, 5) is 20.6. The van der Waals surface area contributed by atoms with Crippen molar-refractivity contribution in [2.45, 2.75) is 13.8 Å². The maximum absolute atomic E-state index is 9.59. The van der Waals surface area contributed by atoms with Gasteiger partial charge in [-0.2, -0.15) is 0 Å². The normalized spacial score (nSPS) is 5.91. The van der Waals surface area contributed by atoms with Crippen LogP contribution in [0.4, 0.5) is 0 Å². The molecule has 0 rings (SSSR count). The quantitative estimate of drug-likeness (QED) is 0.412. The van der Waals surface area contributed by atoms with E-state index in [2.05, 4.69) is 27.3 Å². The van der Waals surface area contributed by atoms with Gasteiger partial charge in [0.15, 0.2) is 0 Å². The zero-order valence-corrected chi connectivity index (χ0v) is 9.21. The van der Waals surface area contributed by atoms with Gasteiger partial charge >= 0.3 is 5.97 Å². The van der Waals surface area contributed by atoms with Crippen molar-refractivity contribution in [3.8, 4) is 0 Å². The number of aliphatic carboxylic acids is 1. The molecule has 11 heavy (non-hydrogen) atoms. The van der Waals surface area contributed by atoms with Crippen LogP contribution in [0.2, 0.25) is 0 Å². The molecule has 0 unspecified atom stereocenters. The Balaban J connectivity index is -0.0000000965. The number of hydrogen-bond acceptors (Lipinski definition) is 3. The monoisotopic (exact) mass is 276 g/mol. The summed E-state index contributed by atoms with van der Waals surface area (Å²) in [7, 11) is 1.35. The molecule has 0 bridgehead atoms. The Kier molecular flexibility index (Phi) is 25.2. The van der Waals surface area contributed by atoms with Gasteiger partial charge in [0.1, 0.15) is 0 Å². The van der Waals surface area contributed by atoms with E-state index >= 15 is 0 Å². The van der Waals surface area contributed by atoms with Crippen LogP contribution in [0.25, 0.3) is 0 Å². The van der Waals surface area contributed by atoms with Crippen LogP contribution in [0.3, 0.4) is 0 Å². The molecule has 0 aromatic heterocycles. The molecule has 0 aromatic carbocycles. The van der Waals surface area contributed by atoms with E-state index in [0.717, 1.165) is 6.92 Å². The lowest BCUT2D eigenvalue weighted by molar-refractivity contribution is -0.138. The molecule has 0 aliphatic rings. The lowest BCUT2D eigenvalue weighted by atomic mass is 10.8. The van der Waals surface area contributed by atoms with Gasteiger partial charge in [0.05, 0.1) is 7.11 Å². The van der Waals surface area contributed by atoms with E-state index in [-0.39, 0.29) is 5.97 Å². The van der Waals surface area contributed by atoms with Crippen LogP contribution in [-0.2, 0) is 14.3 Å². The molecule has 0 saturated heterocycles. The number of carboxylic acids is 1. The lowest BCUT2D eigenvalue weighted by Crippen LogP contribution is -1.88. The van der Waals surface area contributed by atoms with Crippen LogP contribution >= 0.6 is 22.6 Å². The summed E-state index contributed by atoms with van der Waals surface area (Å²) in [5.74, 6) is -1.08. The van der Waals surface area contributed by atoms with E-state index in [4.69, 9.17) is 9.90 Å². The highest BCUT2D eigenvalue weighted by Crippen LogP contribution is 1.60. The van der Waals surface area contributed by atoms with Crippen LogP contribution in [0.5, 0.6) is 0 Å². The molecule has 4 nitrogen and oxygen atoms in total. The van der Waals surface area contributed by atoms with Gasteiger partial charge in [0.25, 0.3) is 5.97 Å². The van der Waals surface area contributed by atoms with Crippen molar-refractivity contribution >= 4 is 34.5 Å². The molecule has 0 fully saturated rings. The van der Waals surface area contributed by atoms with Gasteiger partial charge in [-0.3, -0.25) is 9.59 Å². The Hall–Kier alpha value is -0.330. The van der Waals surface area contributed by atoms with Crippen LogP contribution in [-0.4, -0.2) is 29.1 Å². The van der Waals surface area contributed by atoms with Gasteiger partial charge in [0.2, 0.25) is 0 Å². The zero-order chi connectivity index (χ0) is 9.86. The molecule has 5 heteroatoms. The SMILES string of the molecule is CC(=O)O.CI.COC(C)=O. The number of esters is 1. The minimum Gasteiger partial charge on any atom is -0.481 e. The van der Waals surface area contributed by atoms with Crippen molar-refractivity contribution in [1.82, 2.24) is 0 Å². The molecule has 0 spiro atoms. The molecule has 68 valence electrons. The summed E-state index contributed by atoms with van der Waals surface area (Å²) < 4.78 is 4.11. The van der Waals surface area contributed by atoms with Gasteiger partial charge in [-0.1, -0.05) is 22.6 Å². The summed E-state index contributed by atoms with van der Waals surface area (Å²) >= 11 is 2.15. The fourth-order valence-electron chi connectivity index (χ4n) is 0. The maximum atomic E-state index is 9.59. The van der Waals surface area contributed by atoms with Crippen molar-refractivity contribution in [3.63, 3.8) is 0 Å². The first-order valence-corrected chi connectivity index (χ1v) is 4.78. The average Bonchev–Trinajstić information content (AvgIpc) is 1.91. The molecule has 0 aliphatic carbocycles. The number of rotatable bonds is 0. The molecule has 0 atom stereocenters. The smallest absolute Gasteiger partial charge is 0.302 e. The lowest BCUT2D eigenvalue weighted by Gasteiger charge is -1.80. The molecule has 0 amide bonds. The van der Waals surface area contributed by atoms with Crippen molar-refractivity contribution < 1.29 is 19.4 Å². The number of carboxylic acid groups (broad SMARTS) is 1. The fourth-order valence-corrected chi connectivity index (χ4v) is 0. The van der Waals surface area contributed by atoms with E-state index in [1.165, 1.54) is 14.0 Å². The minimum atomic E-state index is -0.833. The van der Waals surface area contributed by atoms with Gasteiger partial charge < -0.3 is 9.84 Å². The summed E-state index contributed by atoms with van der Waals surface area (Å²) in [6.07, 6.45) is 0. The van der Waals surface area contributed by atoms with Gasteiger partial charge in [-0.05, 0) is 4.93 Å². The van der Waals surface area contributed by atoms with Gasteiger partial charge in [-0.15, -0.1) is 0 Å². The molecule has 0 heterocycles. The largest absolute Gasteiger partial charge is 0.481 e. The van der Waals surface area contributed by atoms with Crippen LogP contribution in [0.15, 0.2) is 0 Å². The molecule has 1 N–H and O–H groups in total. The second-order valence-corrected chi connectivity index (χ2v) is 1.21. The van der Waals surface area contributed by atoms with Crippen molar-refractivity contribution in [3.05, 3.63) is 0 Å². The number of alkyl halides is 1. The fraction of sp³-hybridized carbons (Fsp3) is 0.667. The highest BCUT2D eigenvalue weighted by Gasteiger charge is 1.75. The Bertz CT molecular complexity index is 98.8. The number of hydrogen-bond donors (Lipinski definition) is 1. The van der Waals surface area contributed by atoms with Gasteiger partial charge in [-0.25, -0.2) is 0 Å². The molecule has 0 aliphatic heterocycles. The third-order valence-corrected chi connectivity index (χ3v) is 0.287. The predicted octanol–water partition coefficient (Wildman–Crippen LogP) is 1.32. The number of halogens is 1. The zero-order valence-electron chi connectivity index (χ0n) is 7.05. The van der Waals surface area contributed by atoms with Crippen LogP contribution in [0.1, 0.15) is 13.8 Å². The second-order valence-electron chi connectivity index (χ2n) is 1.21. The highest BCUT2D eigenvalue weighted by molar-refractivity contribution is 14.1. The number of carbonyl (C=O) groups is 2. The Labute approximate surface area is 80.1 Å². The van der Waals surface area contributed by atoms with E-state index in [1.54, 1.807) is 0 Å². The minimum absolute atomic E-state index is 0.245. The number of ether oxygens (including phenoxy) is 1. The Morgan fingerprint density at radius 1 is 1.27 bits per heavy atom. The maximum Gasteiger partial charge on any atom is 0.302 e. The third kappa shape index (κ3) is 204. The summed E-state index contributed by atoms with van der Waals surface area (Å²) in [6.45, 7) is 2.44. The van der Waals surface area contributed by atoms with E-state index < -0.39 is 5.97 Å². The van der Waals surface area contributed by atoms with Crippen LogP contribution in [0, 0.1) is 0 Å². The number of methoxy groups -OCH3 is 1. The summed E-state index contributed by atoms with van der Waals surface area (Å²) in [6, 6.07) is 0. The van der Waals surface area contributed by atoms with E-state index in [0.29, 0.717) is 0 Å². The van der Waals surface area contributed by atoms with Crippen molar-refractivity contribution in [1.29, 1.82) is 0 Å². The molecule has 0 radical (unpaired) electrons. The third-order valence-electron chi connectivity index (χ3n) is 0.287. The first-order chi connectivity index (χ1) is 5.00. The average molecular weight is 276 g/mol. The van der Waals surface area contributed by atoms with E-state index in [1.807, 2.05) is 4.93 Å². The second kappa shape index (κ2) is 16.3. The molecular formula is C6H13IO4. The highest BCUT2D eigenvalue weighted by atomic mass is 127. The Morgan fingerprint density at radius 3 is 1.36 bits per heavy atom. The van der Waals surface area contributed by atoms with Gasteiger partial charge in [0, 0.05) is 13.8 Å². The standard InChI is InChI=1S/C3H6O2.C2H4O2.CH3I/c1-3(4)5-2;1-2(3)4;1-2/h1-2H3;1H3,(H,3,4);1H3. The molecule has 0 saturated carbocycles. The molecular weight excluding hydrogens is 263 g/mol. The van der Waals surface area contributed by atoms with Crippen molar-refractivity contribution in [2.75, 3.05) is 12.0 Å². The summed E-state index contributed by atoms with van der Waals surface area (Å²) in [5.41, 5.74) is 0. The first kappa shape index (κ1) is 17.0. The van der Waals surface area contributed by atoms with E-state index in [9.17, 15) is 4.79 Å². The summed E-state index contributed by atoms with van der Waals surface area (Å²) in [5, 5.41) is 7.42. The van der Waals surface area contributed by atoms with Crippen LogP contribution < -0.4 is 0 Å². The predicted molar refractivity (Wildman–Crippen MR) is 50.9 cm³/mol. The topological polar surface area (TPSA) is 63.6 Å². The Morgan fingerprint density at radius 2 is 1.36 bits per heavy atom. The van der Waals surface area contributed by atoms with Crippen molar-refractivity contribution in [2.24, 2.45) is 0 Å². The first-order valence-electron chi connectivity index (χ1n) is 2.62. The molecule has 0 aromatic rings.